The second-order valence-electron chi connectivity index (χ2n) is 6.89. The van der Waals surface area contributed by atoms with E-state index in [2.05, 4.69) is 5.32 Å². The van der Waals surface area contributed by atoms with E-state index in [-0.39, 0.29) is 11.7 Å². The highest BCUT2D eigenvalue weighted by Gasteiger charge is 2.11. The Morgan fingerprint density at radius 3 is 1.92 bits per heavy atom. The van der Waals surface area contributed by atoms with Gasteiger partial charge in [0.1, 0.15) is 5.75 Å². The summed E-state index contributed by atoms with van der Waals surface area (Å²) in [6, 6.07) is 7.17. The predicted molar refractivity (Wildman–Crippen MR) is 99.9 cm³/mol. The van der Waals surface area contributed by atoms with Gasteiger partial charge in [0.2, 0.25) is 5.91 Å². The van der Waals surface area contributed by atoms with Crippen molar-refractivity contribution in [2.45, 2.75) is 76.7 Å². The fourth-order valence-electron chi connectivity index (χ4n) is 3.31. The van der Waals surface area contributed by atoms with Crippen molar-refractivity contribution in [1.29, 1.82) is 0 Å². The van der Waals surface area contributed by atoms with Crippen LogP contribution in [0.25, 0.3) is 6.08 Å². The number of amides is 1. The molecule has 1 aliphatic carbocycles. The molecule has 0 spiro atoms. The Morgan fingerprint density at radius 1 is 0.875 bits per heavy atom. The highest BCUT2D eigenvalue weighted by atomic mass is 16.3. The van der Waals surface area contributed by atoms with E-state index in [1.165, 1.54) is 57.8 Å². The third-order valence-corrected chi connectivity index (χ3v) is 4.77. The SMILES string of the molecule is O=C(/C=C/c1ccc(O)cc1)NC1CCCCCCCCCCC1. The van der Waals surface area contributed by atoms with Crippen molar-refractivity contribution >= 4 is 12.0 Å². The fraction of sp³-hybridized carbons (Fsp3) is 0.571. The number of hydrogen-bond donors (Lipinski definition) is 2. The van der Waals surface area contributed by atoms with Crippen LogP contribution in [0.2, 0.25) is 0 Å². The lowest BCUT2D eigenvalue weighted by molar-refractivity contribution is -0.117. The summed E-state index contributed by atoms with van der Waals surface area (Å²) in [5, 5.41) is 12.5. The van der Waals surface area contributed by atoms with Crippen molar-refractivity contribution in [2.75, 3.05) is 0 Å². The lowest BCUT2D eigenvalue weighted by atomic mass is 9.98. The molecule has 0 unspecified atom stereocenters. The zero-order valence-electron chi connectivity index (χ0n) is 14.7. The summed E-state index contributed by atoms with van der Waals surface area (Å²) in [6.45, 7) is 0. The van der Waals surface area contributed by atoms with E-state index < -0.39 is 0 Å². The molecule has 0 heterocycles. The van der Waals surface area contributed by atoms with Crippen LogP contribution in [0.3, 0.4) is 0 Å². The van der Waals surface area contributed by atoms with Gasteiger partial charge in [-0.15, -0.1) is 0 Å². The smallest absolute Gasteiger partial charge is 0.244 e. The summed E-state index contributed by atoms with van der Waals surface area (Å²) < 4.78 is 0. The molecule has 1 saturated carbocycles. The first-order valence-electron chi connectivity index (χ1n) is 9.51. The largest absolute Gasteiger partial charge is 0.508 e. The van der Waals surface area contributed by atoms with Crippen LogP contribution in [0.5, 0.6) is 5.75 Å². The first-order chi connectivity index (χ1) is 11.7. The molecule has 1 aliphatic rings. The van der Waals surface area contributed by atoms with Gasteiger partial charge in [0, 0.05) is 12.1 Å². The molecule has 1 fully saturated rings. The number of carbonyl (C=O) groups excluding carboxylic acids is 1. The van der Waals surface area contributed by atoms with Crippen LogP contribution in [0.15, 0.2) is 30.3 Å². The van der Waals surface area contributed by atoms with Crippen molar-refractivity contribution in [2.24, 2.45) is 0 Å². The topological polar surface area (TPSA) is 49.3 Å². The van der Waals surface area contributed by atoms with Gasteiger partial charge in [0.05, 0.1) is 0 Å². The number of phenolic OH excluding ortho intramolecular Hbond substituents is 1. The number of phenols is 1. The minimum absolute atomic E-state index is 0.0137. The second-order valence-corrected chi connectivity index (χ2v) is 6.89. The molecule has 3 heteroatoms. The van der Waals surface area contributed by atoms with Crippen molar-refractivity contribution in [3.8, 4) is 5.75 Å². The summed E-state index contributed by atoms with van der Waals surface area (Å²) >= 11 is 0. The zero-order chi connectivity index (χ0) is 17.0. The Morgan fingerprint density at radius 2 is 1.38 bits per heavy atom. The zero-order valence-corrected chi connectivity index (χ0v) is 14.7. The molecule has 2 N–H and O–H groups in total. The Bertz CT molecular complexity index is 495. The second kappa shape index (κ2) is 10.9. The molecular formula is C21H31NO2. The molecular weight excluding hydrogens is 298 g/mol. The van der Waals surface area contributed by atoms with Crippen LogP contribution in [-0.4, -0.2) is 17.1 Å². The molecule has 132 valence electrons. The van der Waals surface area contributed by atoms with Crippen molar-refractivity contribution < 1.29 is 9.90 Å². The average Bonchev–Trinajstić information content (AvgIpc) is 2.57. The molecule has 1 aromatic rings. The van der Waals surface area contributed by atoms with Gasteiger partial charge in [-0.05, 0) is 36.6 Å². The van der Waals surface area contributed by atoms with Crippen molar-refractivity contribution in [3.05, 3.63) is 35.9 Å². The number of nitrogens with one attached hydrogen (secondary N) is 1. The number of benzene rings is 1. The van der Waals surface area contributed by atoms with Gasteiger partial charge >= 0.3 is 0 Å². The van der Waals surface area contributed by atoms with Crippen LogP contribution in [0.1, 0.15) is 76.2 Å². The molecule has 0 radical (unpaired) electrons. The minimum atomic E-state index is -0.0137. The maximum Gasteiger partial charge on any atom is 0.244 e. The summed E-state index contributed by atoms with van der Waals surface area (Å²) in [6.07, 6.45) is 17.4. The van der Waals surface area contributed by atoms with Gasteiger partial charge in [0.25, 0.3) is 0 Å². The van der Waals surface area contributed by atoms with Crippen molar-refractivity contribution in [3.63, 3.8) is 0 Å². The monoisotopic (exact) mass is 329 g/mol. The highest BCUT2D eigenvalue weighted by Crippen LogP contribution is 2.17. The van der Waals surface area contributed by atoms with E-state index in [9.17, 15) is 9.90 Å². The molecule has 0 aromatic heterocycles. The van der Waals surface area contributed by atoms with E-state index in [1.54, 1.807) is 36.4 Å². The number of carbonyl (C=O) groups is 1. The first-order valence-corrected chi connectivity index (χ1v) is 9.51. The quantitative estimate of drug-likeness (QED) is 0.749. The lowest BCUT2D eigenvalue weighted by Gasteiger charge is -2.18. The Kier molecular flexibility index (Phi) is 8.43. The van der Waals surface area contributed by atoms with E-state index >= 15 is 0 Å². The molecule has 0 bridgehead atoms. The van der Waals surface area contributed by atoms with Crippen LogP contribution < -0.4 is 5.32 Å². The predicted octanol–water partition coefficient (Wildman–Crippen LogP) is 5.19. The van der Waals surface area contributed by atoms with Crippen LogP contribution in [0, 0.1) is 0 Å². The van der Waals surface area contributed by atoms with Gasteiger partial charge in [-0.25, -0.2) is 0 Å². The third-order valence-electron chi connectivity index (χ3n) is 4.77. The maximum atomic E-state index is 12.2. The van der Waals surface area contributed by atoms with E-state index in [4.69, 9.17) is 0 Å². The maximum absolute atomic E-state index is 12.2. The molecule has 0 atom stereocenters. The van der Waals surface area contributed by atoms with E-state index in [1.807, 2.05) is 0 Å². The van der Waals surface area contributed by atoms with Gasteiger partial charge in [-0.3, -0.25) is 4.79 Å². The Hall–Kier alpha value is -1.77. The third kappa shape index (κ3) is 7.67. The first kappa shape index (κ1) is 18.6. The fourth-order valence-corrected chi connectivity index (χ4v) is 3.31. The van der Waals surface area contributed by atoms with Crippen molar-refractivity contribution in [1.82, 2.24) is 5.32 Å². The van der Waals surface area contributed by atoms with Crippen LogP contribution >= 0.6 is 0 Å². The minimum Gasteiger partial charge on any atom is -0.508 e. The highest BCUT2D eigenvalue weighted by molar-refractivity contribution is 5.91. The molecule has 0 aliphatic heterocycles. The van der Waals surface area contributed by atoms with Gasteiger partial charge in [-0.2, -0.15) is 0 Å². The number of rotatable bonds is 3. The molecule has 1 aromatic carbocycles. The normalized spacial score (nSPS) is 18.7. The molecule has 24 heavy (non-hydrogen) atoms. The number of aromatic hydroxyl groups is 1. The average molecular weight is 329 g/mol. The molecule has 2 rings (SSSR count). The van der Waals surface area contributed by atoms with E-state index in [0.717, 1.165) is 18.4 Å². The van der Waals surface area contributed by atoms with Crippen LogP contribution in [-0.2, 0) is 4.79 Å². The summed E-state index contributed by atoms with van der Waals surface area (Å²) in [7, 11) is 0. The van der Waals surface area contributed by atoms with Gasteiger partial charge in [0.15, 0.2) is 0 Å². The number of hydrogen-bond acceptors (Lipinski definition) is 2. The molecule has 1 amide bonds. The van der Waals surface area contributed by atoms with E-state index in [0.29, 0.717) is 6.04 Å². The summed E-state index contributed by atoms with van der Waals surface area (Å²) in [4.78, 5) is 12.2. The van der Waals surface area contributed by atoms with Crippen LogP contribution in [0.4, 0.5) is 0 Å². The molecule has 0 saturated heterocycles. The Labute approximate surface area is 146 Å². The standard InChI is InChI=1S/C21H31NO2/c23-20-15-12-18(13-16-20)14-17-21(24)22-19-10-8-6-4-2-1-3-5-7-9-11-19/h12-17,19,23H,1-11H2,(H,22,24)/b17-14+. The Balaban J connectivity index is 1.81. The molecule has 3 nitrogen and oxygen atoms in total. The lowest BCUT2D eigenvalue weighted by Crippen LogP contribution is -2.33. The summed E-state index contributed by atoms with van der Waals surface area (Å²) in [5.41, 5.74) is 0.918. The van der Waals surface area contributed by atoms with Gasteiger partial charge < -0.3 is 10.4 Å². The summed E-state index contributed by atoms with van der Waals surface area (Å²) in [5.74, 6) is 0.227. The van der Waals surface area contributed by atoms with Gasteiger partial charge in [-0.1, -0.05) is 69.9 Å².